The molecule has 1 saturated heterocycles. The third-order valence-corrected chi connectivity index (χ3v) is 5.30. The summed E-state index contributed by atoms with van der Waals surface area (Å²) in [5.41, 5.74) is 1.65. The van der Waals surface area contributed by atoms with Crippen LogP contribution in [0.2, 0.25) is 0 Å². The molecule has 2 heterocycles. The van der Waals surface area contributed by atoms with E-state index in [0.29, 0.717) is 44.6 Å². The third-order valence-electron chi connectivity index (χ3n) is 5.30. The van der Waals surface area contributed by atoms with E-state index >= 15 is 0 Å². The maximum Gasteiger partial charge on any atom is 0.169 e. The Hall–Kier alpha value is -1.97. The lowest BCUT2D eigenvalue weighted by atomic mass is 9.71. The Morgan fingerprint density at radius 1 is 1.42 bits per heavy atom. The summed E-state index contributed by atoms with van der Waals surface area (Å²) in [6, 6.07) is 7.52. The van der Waals surface area contributed by atoms with E-state index in [1.165, 1.54) is 0 Å². The highest BCUT2D eigenvalue weighted by atomic mass is 19.1. The minimum Gasteiger partial charge on any atom is -0.348 e. The zero-order valence-electron chi connectivity index (χ0n) is 13.7. The van der Waals surface area contributed by atoms with Crippen LogP contribution in [0, 0.1) is 16.7 Å². The molecule has 1 spiro atoms. The highest BCUT2D eigenvalue weighted by molar-refractivity contribution is 5.77. The molecule has 0 unspecified atom stereocenters. The molecule has 126 valence electrons. The maximum atomic E-state index is 14.8. The lowest BCUT2D eigenvalue weighted by Gasteiger charge is -2.45. The standard InChI is InChI=1S/C18H20FN3O2/c1-17(10-18(5-4-16(17)19)23-6-7-24-18)11-22-12-21-14-3-2-13(9-20)8-15(14)22/h2-3,8,12,16H,4-7,10-11H2,1H3/t16-,17-/m0/s1. The van der Waals surface area contributed by atoms with Gasteiger partial charge in [0.25, 0.3) is 0 Å². The van der Waals surface area contributed by atoms with Gasteiger partial charge in [-0.1, -0.05) is 6.92 Å². The van der Waals surface area contributed by atoms with Crippen molar-refractivity contribution >= 4 is 11.0 Å². The molecular weight excluding hydrogens is 309 g/mol. The summed E-state index contributed by atoms with van der Waals surface area (Å²) in [4.78, 5) is 4.37. The Bertz CT molecular complexity index is 806. The van der Waals surface area contributed by atoms with Gasteiger partial charge >= 0.3 is 0 Å². The van der Waals surface area contributed by atoms with Gasteiger partial charge in [0.05, 0.1) is 42.2 Å². The smallest absolute Gasteiger partial charge is 0.169 e. The summed E-state index contributed by atoms with van der Waals surface area (Å²) in [5, 5.41) is 9.11. The van der Waals surface area contributed by atoms with Crippen molar-refractivity contribution in [3.05, 3.63) is 30.1 Å². The van der Waals surface area contributed by atoms with Crippen molar-refractivity contribution in [2.75, 3.05) is 13.2 Å². The normalized spacial score (nSPS) is 29.1. The van der Waals surface area contributed by atoms with E-state index in [1.54, 1.807) is 18.5 Å². The van der Waals surface area contributed by atoms with Crippen LogP contribution in [-0.4, -0.2) is 34.7 Å². The van der Waals surface area contributed by atoms with Crippen LogP contribution in [0.4, 0.5) is 4.39 Å². The maximum absolute atomic E-state index is 14.8. The van der Waals surface area contributed by atoms with Crippen molar-refractivity contribution in [2.24, 2.45) is 5.41 Å². The Morgan fingerprint density at radius 2 is 2.21 bits per heavy atom. The molecule has 0 amide bonds. The fourth-order valence-electron chi connectivity index (χ4n) is 4.05. The highest BCUT2D eigenvalue weighted by Crippen LogP contribution is 2.48. The Labute approximate surface area is 140 Å². The van der Waals surface area contributed by atoms with Gasteiger partial charge in [-0.3, -0.25) is 0 Å². The Morgan fingerprint density at radius 3 is 2.96 bits per heavy atom. The van der Waals surface area contributed by atoms with Gasteiger partial charge in [-0.15, -0.1) is 0 Å². The van der Waals surface area contributed by atoms with Crippen molar-refractivity contribution in [3.63, 3.8) is 0 Å². The number of nitriles is 1. The average molecular weight is 329 g/mol. The Balaban J connectivity index is 1.66. The largest absolute Gasteiger partial charge is 0.348 e. The molecule has 0 bridgehead atoms. The second kappa shape index (κ2) is 5.54. The molecule has 1 saturated carbocycles. The van der Waals surface area contributed by atoms with Crippen molar-refractivity contribution in [1.29, 1.82) is 5.26 Å². The van der Waals surface area contributed by atoms with Crippen molar-refractivity contribution in [1.82, 2.24) is 9.55 Å². The molecule has 5 nitrogen and oxygen atoms in total. The molecule has 1 aliphatic carbocycles. The first kappa shape index (κ1) is 15.6. The van der Waals surface area contributed by atoms with Gasteiger partial charge in [0, 0.05) is 24.8 Å². The zero-order chi connectivity index (χ0) is 16.8. The molecule has 6 heteroatoms. The van der Waals surface area contributed by atoms with Gasteiger partial charge in [-0.05, 0) is 24.6 Å². The number of imidazole rings is 1. The van der Waals surface area contributed by atoms with Gasteiger partial charge < -0.3 is 14.0 Å². The van der Waals surface area contributed by atoms with Gasteiger partial charge in [0.15, 0.2) is 5.79 Å². The van der Waals surface area contributed by atoms with Crippen LogP contribution in [0.1, 0.15) is 31.7 Å². The van der Waals surface area contributed by atoms with Gasteiger partial charge in [-0.2, -0.15) is 5.26 Å². The van der Waals surface area contributed by atoms with E-state index in [4.69, 9.17) is 14.7 Å². The second-order valence-electron chi connectivity index (χ2n) is 7.13. The summed E-state index contributed by atoms with van der Waals surface area (Å²) < 4.78 is 28.4. The van der Waals surface area contributed by atoms with Crippen LogP contribution >= 0.6 is 0 Å². The topological polar surface area (TPSA) is 60.1 Å². The van der Waals surface area contributed by atoms with E-state index in [-0.39, 0.29) is 0 Å². The second-order valence-corrected chi connectivity index (χ2v) is 7.13. The summed E-state index contributed by atoms with van der Waals surface area (Å²) in [7, 11) is 0. The first-order valence-corrected chi connectivity index (χ1v) is 8.31. The number of ether oxygens (including phenoxy) is 2. The quantitative estimate of drug-likeness (QED) is 0.849. The number of rotatable bonds is 2. The molecule has 2 fully saturated rings. The molecule has 0 N–H and O–H groups in total. The van der Waals surface area contributed by atoms with Crippen LogP contribution in [0.3, 0.4) is 0 Å². The molecule has 24 heavy (non-hydrogen) atoms. The van der Waals surface area contributed by atoms with Crippen molar-refractivity contribution < 1.29 is 13.9 Å². The number of hydrogen-bond donors (Lipinski definition) is 0. The fraction of sp³-hybridized carbons (Fsp3) is 0.556. The summed E-state index contributed by atoms with van der Waals surface area (Å²) in [5.74, 6) is -0.633. The van der Waals surface area contributed by atoms with Crippen LogP contribution in [0.5, 0.6) is 0 Å². The molecule has 2 atom stereocenters. The molecule has 2 aromatic rings. The van der Waals surface area contributed by atoms with E-state index in [9.17, 15) is 4.39 Å². The first-order chi connectivity index (χ1) is 11.5. The third kappa shape index (κ3) is 2.48. The predicted octanol–water partition coefficient (Wildman–Crippen LogP) is 3.18. The summed E-state index contributed by atoms with van der Waals surface area (Å²) >= 11 is 0. The lowest BCUT2D eigenvalue weighted by molar-refractivity contribution is -0.214. The van der Waals surface area contributed by atoms with Crippen molar-refractivity contribution in [2.45, 2.75) is 44.7 Å². The number of halogens is 1. The number of benzene rings is 1. The molecule has 1 aliphatic heterocycles. The molecule has 4 rings (SSSR count). The Kier molecular flexibility index (Phi) is 3.59. The molecule has 1 aromatic carbocycles. The number of hydrogen-bond acceptors (Lipinski definition) is 4. The van der Waals surface area contributed by atoms with Crippen LogP contribution < -0.4 is 0 Å². The van der Waals surface area contributed by atoms with Crippen LogP contribution in [0.15, 0.2) is 24.5 Å². The van der Waals surface area contributed by atoms with E-state index in [1.807, 2.05) is 17.6 Å². The molecule has 1 aromatic heterocycles. The van der Waals surface area contributed by atoms with E-state index < -0.39 is 17.4 Å². The summed E-state index contributed by atoms with van der Waals surface area (Å²) in [6.45, 7) is 3.58. The minimum atomic E-state index is -0.924. The summed E-state index contributed by atoms with van der Waals surface area (Å²) in [6.07, 6.45) is 2.37. The number of fused-ring (bicyclic) bond motifs is 1. The van der Waals surface area contributed by atoms with Gasteiger partial charge in [0.1, 0.15) is 6.17 Å². The highest BCUT2D eigenvalue weighted by Gasteiger charge is 2.51. The first-order valence-electron chi connectivity index (χ1n) is 8.31. The van der Waals surface area contributed by atoms with Crippen LogP contribution in [-0.2, 0) is 16.0 Å². The van der Waals surface area contributed by atoms with Crippen LogP contribution in [0.25, 0.3) is 11.0 Å². The molecule has 2 aliphatic rings. The van der Waals surface area contributed by atoms with Gasteiger partial charge in [0.2, 0.25) is 0 Å². The fourth-order valence-corrected chi connectivity index (χ4v) is 4.05. The predicted molar refractivity (Wildman–Crippen MR) is 85.9 cm³/mol. The number of alkyl halides is 1. The average Bonchev–Trinajstić information content (AvgIpc) is 3.19. The number of aromatic nitrogens is 2. The molecular formula is C18H20FN3O2. The zero-order valence-corrected chi connectivity index (χ0v) is 13.7. The number of nitrogens with zero attached hydrogens (tertiary/aromatic N) is 3. The monoisotopic (exact) mass is 329 g/mol. The van der Waals surface area contributed by atoms with Gasteiger partial charge in [-0.25, -0.2) is 9.37 Å². The van der Waals surface area contributed by atoms with E-state index in [2.05, 4.69) is 11.1 Å². The molecule has 0 radical (unpaired) electrons. The lowest BCUT2D eigenvalue weighted by Crippen LogP contribution is -2.48. The van der Waals surface area contributed by atoms with Crippen molar-refractivity contribution in [3.8, 4) is 6.07 Å². The minimum absolute atomic E-state index is 0.437. The van der Waals surface area contributed by atoms with E-state index in [0.717, 1.165) is 11.0 Å². The SMILES string of the molecule is C[C@@]1(Cn2cnc3ccc(C#N)cc32)CC2(CC[C@@H]1F)OCCO2.